The van der Waals surface area contributed by atoms with Crippen molar-refractivity contribution in [1.29, 1.82) is 0 Å². The lowest BCUT2D eigenvalue weighted by Gasteiger charge is -2.04. The predicted molar refractivity (Wildman–Crippen MR) is 83.8 cm³/mol. The summed E-state index contributed by atoms with van der Waals surface area (Å²) in [6, 6.07) is 12.4. The van der Waals surface area contributed by atoms with Gasteiger partial charge in [-0.25, -0.2) is 4.98 Å². The van der Waals surface area contributed by atoms with Crippen LogP contribution in [0.3, 0.4) is 0 Å². The number of benzene rings is 1. The van der Waals surface area contributed by atoms with Crippen molar-refractivity contribution >= 4 is 32.9 Å². The molecule has 1 heterocycles. The molecule has 0 unspecified atom stereocenters. The van der Waals surface area contributed by atoms with Gasteiger partial charge in [-0.05, 0) is 24.1 Å². The highest BCUT2D eigenvalue weighted by Gasteiger charge is 1.99. The molecule has 0 aliphatic heterocycles. The minimum atomic E-state index is 0. The van der Waals surface area contributed by atoms with Crippen LogP contribution in [0.15, 0.2) is 42.6 Å². The molecule has 0 bridgehead atoms. The number of ether oxygens (including phenoxy) is 1. The third-order valence-corrected chi connectivity index (χ3v) is 3.12. The van der Waals surface area contributed by atoms with E-state index in [4.69, 9.17) is 4.74 Å². The summed E-state index contributed by atoms with van der Waals surface area (Å²) < 4.78 is 5.32. The molecule has 0 aliphatic rings. The molecular weight excluding hydrogens is 358 g/mol. The minimum Gasteiger partial charge on any atom is -0.478 e. The minimum absolute atomic E-state index is 0. The number of alkyl halides is 1. The molecule has 0 saturated heterocycles. The van der Waals surface area contributed by atoms with Gasteiger partial charge in [0.2, 0.25) is 5.88 Å². The number of nitrogens with zero attached hydrogens (tertiary/aromatic N) is 1. The van der Waals surface area contributed by atoms with Gasteiger partial charge >= 0.3 is 0 Å². The Kier molecular flexibility index (Phi) is 6.36. The average molecular weight is 373 g/mol. The van der Waals surface area contributed by atoms with E-state index in [1.54, 1.807) is 0 Å². The summed E-state index contributed by atoms with van der Waals surface area (Å²) in [6.45, 7) is 2.60. The lowest BCUT2D eigenvalue weighted by Crippen LogP contribution is -1.93. The molecule has 0 amide bonds. The fraction of sp³-hybridized carbons (Fsp3) is 0.214. The zero-order valence-corrected chi connectivity index (χ0v) is 13.4. The molecule has 4 heteroatoms. The zero-order chi connectivity index (χ0) is 12.1. The lowest BCUT2D eigenvalue weighted by molar-refractivity contribution is 0.327. The van der Waals surface area contributed by atoms with Crippen LogP contribution < -0.4 is 4.74 Å². The number of hydrogen-bond acceptors (Lipinski definition) is 2. The van der Waals surface area contributed by atoms with Gasteiger partial charge in [-0.2, -0.15) is 0 Å². The second kappa shape index (κ2) is 7.54. The smallest absolute Gasteiger partial charge is 0.213 e. The van der Waals surface area contributed by atoms with Gasteiger partial charge in [0.05, 0.1) is 6.61 Å². The molecule has 0 N–H and O–H groups in total. The van der Waals surface area contributed by atoms with Gasteiger partial charge in [-0.3, -0.25) is 0 Å². The Hall–Kier alpha value is -0.870. The molecule has 2 rings (SSSR count). The molecule has 1 aromatic carbocycles. The van der Waals surface area contributed by atoms with Gasteiger partial charge in [0.25, 0.3) is 0 Å². The van der Waals surface area contributed by atoms with Crippen LogP contribution in [-0.2, 0) is 5.33 Å². The van der Waals surface area contributed by atoms with Gasteiger partial charge in [-0.15, -0.1) is 17.0 Å². The Morgan fingerprint density at radius 1 is 1.06 bits per heavy atom. The first kappa shape index (κ1) is 15.2. The van der Waals surface area contributed by atoms with Gasteiger partial charge in [-0.1, -0.05) is 40.2 Å². The Balaban J connectivity index is 0.00000162. The Morgan fingerprint density at radius 3 is 2.22 bits per heavy atom. The van der Waals surface area contributed by atoms with Crippen LogP contribution in [0.4, 0.5) is 0 Å². The van der Waals surface area contributed by atoms with Gasteiger partial charge in [0.1, 0.15) is 0 Å². The van der Waals surface area contributed by atoms with Crippen molar-refractivity contribution in [2.24, 2.45) is 0 Å². The van der Waals surface area contributed by atoms with Crippen LogP contribution in [0.25, 0.3) is 11.1 Å². The van der Waals surface area contributed by atoms with Gasteiger partial charge in [0, 0.05) is 23.2 Å². The number of halogens is 2. The maximum absolute atomic E-state index is 5.32. The first-order chi connectivity index (χ1) is 8.33. The standard InChI is InChI=1S/C14H14BrNO.BrH/c1-2-17-14-8-7-13(10-16-14)12-5-3-11(9-15)4-6-12;/h3-8,10H,2,9H2,1H3;1H. The SMILES string of the molecule is Br.CCOc1ccc(-c2ccc(CBr)cc2)cn1. The molecule has 2 nitrogen and oxygen atoms in total. The summed E-state index contributed by atoms with van der Waals surface area (Å²) in [7, 11) is 0. The molecule has 0 radical (unpaired) electrons. The van der Waals surface area contributed by atoms with Crippen molar-refractivity contribution in [2.75, 3.05) is 6.61 Å². The van der Waals surface area contributed by atoms with Gasteiger partial charge < -0.3 is 4.74 Å². The van der Waals surface area contributed by atoms with Gasteiger partial charge in [0.15, 0.2) is 0 Å². The van der Waals surface area contributed by atoms with E-state index in [1.165, 1.54) is 11.1 Å². The summed E-state index contributed by atoms with van der Waals surface area (Å²) in [5.74, 6) is 0.674. The van der Waals surface area contributed by atoms with Crippen LogP contribution in [0.2, 0.25) is 0 Å². The van der Waals surface area contributed by atoms with Crippen LogP contribution in [-0.4, -0.2) is 11.6 Å². The van der Waals surface area contributed by atoms with E-state index < -0.39 is 0 Å². The number of rotatable bonds is 4. The topological polar surface area (TPSA) is 22.1 Å². The molecule has 2 aromatic rings. The summed E-state index contributed by atoms with van der Waals surface area (Å²) in [5, 5.41) is 0.884. The average Bonchev–Trinajstić information content (AvgIpc) is 2.40. The highest BCUT2D eigenvalue weighted by molar-refractivity contribution is 9.08. The molecule has 18 heavy (non-hydrogen) atoms. The molecule has 1 aromatic heterocycles. The maximum atomic E-state index is 5.32. The largest absolute Gasteiger partial charge is 0.478 e. The summed E-state index contributed by atoms with van der Waals surface area (Å²) in [4.78, 5) is 4.26. The summed E-state index contributed by atoms with van der Waals surface area (Å²) in [6.07, 6.45) is 1.84. The summed E-state index contributed by atoms with van der Waals surface area (Å²) in [5.41, 5.74) is 3.55. The monoisotopic (exact) mass is 371 g/mol. The van der Waals surface area contributed by atoms with E-state index in [1.807, 2.05) is 25.3 Å². The van der Waals surface area contributed by atoms with Crippen LogP contribution in [0.1, 0.15) is 12.5 Å². The van der Waals surface area contributed by atoms with Crippen LogP contribution in [0, 0.1) is 0 Å². The highest BCUT2D eigenvalue weighted by Crippen LogP contribution is 2.21. The maximum Gasteiger partial charge on any atom is 0.213 e. The Bertz CT molecular complexity index is 468. The van der Waals surface area contributed by atoms with E-state index in [2.05, 4.69) is 45.2 Å². The quantitative estimate of drug-likeness (QED) is 0.730. The number of hydrogen-bond donors (Lipinski definition) is 0. The molecular formula is C14H15Br2NO. The van der Waals surface area contributed by atoms with E-state index in [0.717, 1.165) is 10.9 Å². The fourth-order valence-electron chi connectivity index (χ4n) is 1.57. The predicted octanol–water partition coefficient (Wildman–Crippen LogP) is 4.62. The van der Waals surface area contributed by atoms with Crippen molar-refractivity contribution < 1.29 is 4.74 Å². The van der Waals surface area contributed by atoms with Crippen molar-refractivity contribution in [3.8, 4) is 17.0 Å². The Labute approximate surface area is 126 Å². The fourth-order valence-corrected chi connectivity index (χ4v) is 1.94. The van der Waals surface area contributed by atoms with E-state index in [-0.39, 0.29) is 17.0 Å². The normalized spacial score (nSPS) is 9.67. The van der Waals surface area contributed by atoms with Crippen LogP contribution in [0.5, 0.6) is 5.88 Å². The number of aromatic nitrogens is 1. The lowest BCUT2D eigenvalue weighted by atomic mass is 10.1. The molecule has 0 fully saturated rings. The first-order valence-electron chi connectivity index (χ1n) is 5.57. The van der Waals surface area contributed by atoms with Crippen molar-refractivity contribution in [3.63, 3.8) is 0 Å². The molecule has 0 spiro atoms. The number of pyridine rings is 1. The van der Waals surface area contributed by atoms with Crippen molar-refractivity contribution in [3.05, 3.63) is 48.2 Å². The van der Waals surface area contributed by atoms with Crippen LogP contribution >= 0.6 is 32.9 Å². The van der Waals surface area contributed by atoms with E-state index in [0.29, 0.717) is 12.5 Å². The summed E-state index contributed by atoms with van der Waals surface area (Å²) >= 11 is 3.44. The highest BCUT2D eigenvalue weighted by atomic mass is 79.9. The van der Waals surface area contributed by atoms with E-state index >= 15 is 0 Å². The third kappa shape index (κ3) is 3.82. The van der Waals surface area contributed by atoms with Crippen molar-refractivity contribution in [2.45, 2.75) is 12.3 Å². The van der Waals surface area contributed by atoms with Crippen molar-refractivity contribution in [1.82, 2.24) is 4.98 Å². The molecule has 96 valence electrons. The molecule has 0 saturated carbocycles. The molecule has 0 aliphatic carbocycles. The third-order valence-electron chi connectivity index (χ3n) is 2.47. The zero-order valence-electron chi connectivity index (χ0n) is 10.1. The second-order valence-corrected chi connectivity index (χ2v) is 4.21. The van der Waals surface area contributed by atoms with E-state index in [9.17, 15) is 0 Å². The molecule has 0 atom stereocenters. The first-order valence-corrected chi connectivity index (χ1v) is 6.69. The Morgan fingerprint density at radius 2 is 1.72 bits per heavy atom. The second-order valence-electron chi connectivity index (χ2n) is 3.65.